The lowest BCUT2D eigenvalue weighted by atomic mass is 9.94. The van der Waals surface area contributed by atoms with E-state index in [1.807, 2.05) is 25.1 Å². The number of hydrogen-bond acceptors (Lipinski definition) is 4. The summed E-state index contributed by atoms with van der Waals surface area (Å²) in [5.74, 6) is 0.0198. The Bertz CT molecular complexity index is 705. The summed E-state index contributed by atoms with van der Waals surface area (Å²) in [6, 6.07) is 7.95. The Hall–Kier alpha value is -2.16. The fraction of sp³-hybridized carbons (Fsp3) is 0.474. The lowest BCUT2D eigenvalue weighted by molar-refractivity contribution is -0.139. The topological polar surface area (TPSA) is 67.6 Å². The van der Waals surface area contributed by atoms with E-state index in [-0.39, 0.29) is 5.91 Å². The van der Waals surface area contributed by atoms with Gasteiger partial charge in [0.25, 0.3) is 0 Å². The van der Waals surface area contributed by atoms with Gasteiger partial charge in [-0.3, -0.25) is 9.69 Å². The van der Waals surface area contributed by atoms with Gasteiger partial charge in [-0.1, -0.05) is 12.1 Å². The fourth-order valence-corrected chi connectivity index (χ4v) is 3.52. The first-order valence-electron chi connectivity index (χ1n) is 8.48. The Morgan fingerprint density at radius 2 is 2.25 bits per heavy atom. The van der Waals surface area contributed by atoms with Crippen LogP contribution in [-0.4, -0.2) is 53.2 Å². The quantitative estimate of drug-likeness (QED) is 0.921. The molecule has 2 heterocycles. The zero-order chi connectivity index (χ0) is 17.1. The van der Waals surface area contributed by atoms with Crippen molar-refractivity contribution in [1.82, 2.24) is 9.80 Å². The van der Waals surface area contributed by atoms with Crippen LogP contribution < -0.4 is 0 Å². The molecule has 5 nitrogen and oxygen atoms in total. The van der Waals surface area contributed by atoms with Crippen molar-refractivity contribution in [2.75, 3.05) is 26.2 Å². The van der Waals surface area contributed by atoms with Crippen molar-refractivity contribution < 1.29 is 9.90 Å². The van der Waals surface area contributed by atoms with Crippen molar-refractivity contribution in [3.05, 3.63) is 41.0 Å². The molecule has 1 amide bonds. The molecule has 0 aromatic heterocycles. The third-order valence-corrected chi connectivity index (χ3v) is 4.90. The van der Waals surface area contributed by atoms with Crippen LogP contribution in [0.1, 0.15) is 36.0 Å². The molecule has 1 fully saturated rings. The number of aryl methyl sites for hydroxylation is 1. The van der Waals surface area contributed by atoms with Gasteiger partial charge in [0.05, 0.1) is 18.2 Å². The molecule has 0 saturated carbocycles. The highest BCUT2D eigenvalue weighted by Gasteiger charge is 2.28. The van der Waals surface area contributed by atoms with E-state index in [0.29, 0.717) is 25.1 Å². The van der Waals surface area contributed by atoms with Gasteiger partial charge in [-0.05, 0) is 55.0 Å². The number of carbonyl (C=O) groups excluding carboxylic acids is 1. The minimum atomic E-state index is -0.602. The van der Waals surface area contributed by atoms with Crippen molar-refractivity contribution in [1.29, 1.82) is 5.26 Å². The zero-order valence-electron chi connectivity index (χ0n) is 14.0. The van der Waals surface area contributed by atoms with Crippen molar-refractivity contribution in [2.24, 2.45) is 0 Å². The molecule has 0 radical (unpaired) electrons. The van der Waals surface area contributed by atoms with Gasteiger partial charge < -0.3 is 10.0 Å². The van der Waals surface area contributed by atoms with E-state index in [9.17, 15) is 9.90 Å². The number of amides is 1. The first-order valence-corrected chi connectivity index (χ1v) is 8.48. The Morgan fingerprint density at radius 1 is 1.42 bits per heavy atom. The van der Waals surface area contributed by atoms with Crippen LogP contribution >= 0.6 is 0 Å². The van der Waals surface area contributed by atoms with E-state index >= 15 is 0 Å². The standard InChI is InChI=1S/C19H23N3O2/c1-14-11-15(12-20)4-5-17(14)16-6-9-21(10-7-16)13-19(24)22-8-2-3-18(22)23/h4-6,11,18,23H,2-3,7-10,13H2,1H3. The smallest absolute Gasteiger partial charge is 0.238 e. The van der Waals surface area contributed by atoms with Crippen molar-refractivity contribution in [3.63, 3.8) is 0 Å². The lowest BCUT2D eigenvalue weighted by Gasteiger charge is -2.29. The maximum absolute atomic E-state index is 12.3. The van der Waals surface area contributed by atoms with E-state index < -0.39 is 6.23 Å². The molecule has 1 aromatic carbocycles. The summed E-state index contributed by atoms with van der Waals surface area (Å²) in [6.45, 7) is 4.64. The minimum absolute atomic E-state index is 0.0198. The molecule has 2 aliphatic heterocycles. The number of likely N-dealkylation sites (tertiary alicyclic amines) is 1. The van der Waals surface area contributed by atoms with Crippen LogP contribution in [0, 0.1) is 18.3 Å². The molecule has 24 heavy (non-hydrogen) atoms. The maximum Gasteiger partial charge on any atom is 0.238 e. The summed E-state index contributed by atoms with van der Waals surface area (Å²) in [5, 5.41) is 18.8. The summed E-state index contributed by atoms with van der Waals surface area (Å²) >= 11 is 0. The number of nitriles is 1. The molecule has 1 aromatic rings. The number of nitrogens with zero attached hydrogens (tertiary/aromatic N) is 3. The van der Waals surface area contributed by atoms with E-state index in [0.717, 1.165) is 31.5 Å². The summed E-state index contributed by atoms with van der Waals surface area (Å²) in [6.07, 6.45) is 4.03. The number of aliphatic hydroxyl groups excluding tert-OH is 1. The molecule has 5 heteroatoms. The third-order valence-electron chi connectivity index (χ3n) is 4.90. The molecule has 3 rings (SSSR count). The van der Waals surface area contributed by atoms with E-state index in [4.69, 9.17) is 5.26 Å². The van der Waals surface area contributed by atoms with Crippen molar-refractivity contribution in [3.8, 4) is 6.07 Å². The normalized spacial score (nSPS) is 21.5. The monoisotopic (exact) mass is 325 g/mol. The Morgan fingerprint density at radius 3 is 2.83 bits per heavy atom. The fourth-order valence-electron chi connectivity index (χ4n) is 3.52. The molecular formula is C19H23N3O2. The van der Waals surface area contributed by atoms with Gasteiger partial charge in [0.1, 0.15) is 6.23 Å². The van der Waals surface area contributed by atoms with Crippen LogP contribution in [0.5, 0.6) is 0 Å². The second-order valence-electron chi connectivity index (χ2n) is 6.57. The summed E-state index contributed by atoms with van der Waals surface area (Å²) in [7, 11) is 0. The van der Waals surface area contributed by atoms with E-state index in [2.05, 4.69) is 17.0 Å². The summed E-state index contributed by atoms with van der Waals surface area (Å²) in [5.41, 5.74) is 4.27. The predicted molar refractivity (Wildman–Crippen MR) is 91.9 cm³/mol. The average Bonchev–Trinajstić information content (AvgIpc) is 3.02. The Balaban J connectivity index is 1.62. The zero-order valence-corrected chi connectivity index (χ0v) is 14.0. The van der Waals surface area contributed by atoms with Gasteiger partial charge in [0, 0.05) is 19.6 Å². The third kappa shape index (κ3) is 3.50. The molecule has 1 saturated heterocycles. The van der Waals surface area contributed by atoms with Gasteiger partial charge >= 0.3 is 0 Å². The van der Waals surface area contributed by atoms with Gasteiger partial charge in [-0.25, -0.2) is 0 Å². The van der Waals surface area contributed by atoms with Gasteiger partial charge in [0.2, 0.25) is 5.91 Å². The SMILES string of the molecule is Cc1cc(C#N)ccc1C1=CCN(CC(=O)N2CCCC2O)CC1. The van der Waals surface area contributed by atoms with Gasteiger partial charge in [-0.15, -0.1) is 0 Å². The van der Waals surface area contributed by atoms with Crippen LogP contribution in [0.2, 0.25) is 0 Å². The minimum Gasteiger partial charge on any atom is -0.374 e. The van der Waals surface area contributed by atoms with Crippen LogP contribution in [0.4, 0.5) is 0 Å². The Kier molecular flexibility index (Phi) is 4.98. The van der Waals surface area contributed by atoms with Crippen LogP contribution in [0.15, 0.2) is 24.3 Å². The number of carbonyl (C=O) groups is 1. The second-order valence-corrected chi connectivity index (χ2v) is 6.57. The Labute approximate surface area is 142 Å². The summed E-state index contributed by atoms with van der Waals surface area (Å²) in [4.78, 5) is 16.0. The van der Waals surface area contributed by atoms with Crippen molar-refractivity contribution in [2.45, 2.75) is 32.4 Å². The molecule has 0 aliphatic carbocycles. The van der Waals surface area contributed by atoms with Crippen LogP contribution in [0.3, 0.4) is 0 Å². The first kappa shape index (κ1) is 16.7. The summed E-state index contributed by atoms with van der Waals surface area (Å²) < 4.78 is 0. The highest BCUT2D eigenvalue weighted by Crippen LogP contribution is 2.26. The number of benzene rings is 1. The van der Waals surface area contributed by atoms with Gasteiger partial charge in [-0.2, -0.15) is 5.26 Å². The van der Waals surface area contributed by atoms with Crippen LogP contribution in [0.25, 0.3) is 5.57 Å². The molecule has 1 unspecified atom stereocenters. The molecule has 1 atom stereocenters. The molecule has 0 spiro atoms. The van der Waals surface area contributed by atoms with Gasteiger partial charge in [0.15, 0.2) is 0 Å². The molecule has 1 N–H and O–H groups in total. The molecular weight excluding hydrogens is 302 g/mol. The lowest BCUT2D eigenvalue weighted by Crippen LogP contribution is -2.43. The van der Waals surface area contributed by atoms with E-state index in [1.165, 1.54) is 11.1 Å². The molecule has 0 bridgehead atoms. The largest absolute Gasteiger partial charge is 0.374 e. The highest BCUT2D eigenvalue weighted by atomic mass is 16.3. The van der Waals surface area contributed by atoms with Crippen molar-refractivity contribution >= 4 is 11.5 Å². The van der Waals surface area contributed by atoms with E-state index in [1.54, 1.807) is 4.90 Å². The number of hydrogen-bond donors (Lipinski definition) is 1. The first-order chi connectivity index (χ1) is 11.6. The predicted octanol–water partition coefficient (Wildman–Crippen LogP) is 1.90. The second kappa shape index (κ2) is 7.16. The molecule has 2 aliphatic rings. The average molecular weight is 325 g/mol. The molecule has 126 valence electrons. The number of rotatable bonds is 3. The maximum atomic E-state index is 12.3. The highest BCUT2D eigenvalue weighted by molar-refractivity contribution is 5.79. The van der Waals surface area contributed by atoms with Crippen LogP contribution in [-0.2, 0) is 4.79 Å². The number of aliphatic hydroxyl groups is 1.